The molecule has 0 aliphatic heterocycles. The van der Waals surface area contributed by atoms with E-state index < -0.39 is 26.2 Å². The molecule has 13 heavy (non-hydrogen) atoms. The smallest absolute Gasteiger partial charge is 0.225 e. The van der Waals surface area contributed by atoms with Crippen molar-refractivity contribution in [1.82, 2.24) is 3.71 Å². The highest BCUT2D eigenvalue weighted by Gasteiger charge is 2.31. The summed E-state index contributed by atoms with van der Waals surface area (Å²) in [5, 5.41) is 0. The molecule has 0 heterocycles. The molecule has 0 saturated heterocycles. The number of hydrogen-bond acceptors (Lipinski definition) is 5. The van der Waals surface area contributed by atoms with E-state index in [2.05, 4.69) is 0 Å². The van der Waals surface area contributed by atoms with E-state index in [-0.39, 0.29) is 6.42 Å². The predicted molar refractivity (Wildman–Crippen MR) is 49.8 cm³/mol. The second-order valence-electron chi connectivity index (χ2n) is 2.73. The Kier molecular flexibility index (Phi) is 3.85. The second kappa shape index (κ2) is 3.91. The summed E-state index contributed by atoms with van der Waals surface area (Å²) in [6.07, 6.45) is 0.831. The fraction of sp³-hybridized carbons (Fsp3) is 1.00. The van der Waals surface area contributed by atoms with Gasteiger partial charge in [-0.1, -0.05) is 10.6 Å². The van der Waals surface area contributed by atoms with Gasteiger partial charge in [-0.25, -0.2) is 16.8 Å². The summed E-state index contributed by atoms with van der Waals surface area (Å²) in [7, 11) is -7.63. The zero-order valence-corrected chi connectivity index (χ0v) is 9.39. The molecule has 0 aromatic rings. The summed E-state index contributed by atoms with van der Waals surface area (Å²) in [5.41, 5.74) is 5.36. The van der Waals surface area contributed by atoms with E-state index in [0.29, 0.717) is 3.71 Å². The summed E-state index contributed by atoms with van der Waals surface area (Å²) in [5.74, 6) is 0. The Bertz CT molecular complexity index is 326. The third-order valence-electron chi connectivity index (χ3n) is 1.34. The van der Waals surface area contributed by atoms with Crippen LogP contribution in [-0.2, 0) is 20.0 Å². The Hall–Kier alpha value is -0.180. The molecular weight excluding hydrogens is 216 g/mol. The lowest BCUT2D eigenvalue weighted by Crippen LogP contribution is -2.47. The molecule has 0 fully saturated rings. The SMILES string of the molecule is CCC(N)N(S(C)(=O)=O)S(C)(=O)=O. The zero-order chi connectivity index (χ0) is 10.9. The maximum atomic E-state index is 11.0. The van der Waals surface area contributed by atoms with E-state index in [4.69, 9.17) is 5.73 Å². The van der Waals surface area contributed by atoms with E-state index >= 15 is 0 Å². The first kappa shape index (κ1) is 12.8. The second-order valence-corrected chi connectivity index (χ2v) is 6.68. The summed E-state index contributed by atoms with van der Waals surface area (Å²) in [4.78, 5) is 0. The van der Waals surface area contributed by atoms with Crippen LogP contribution in [0.5, 0.6) is 0 Å². The van der Waals surface area contributed by atoms with Crippen molar-refractivity contribution in [2.24, 2.45) is 5.73 Å². The molecule has 80 valence electrons. The number of rotatable bonds is 4. The maximum absolute atomic E-state index is 11.0. The molecule has 0 spiro atoms. The third kappa shape index (κ3) is 3.59. The molecule has 6 nitrogen and oxygen atoms in total. The van der Waals surface area contributed by atoms with Crippen molar-refractivity contribution in [3.8, 4) is 0 Å². The average Bonchev–Trinajstić information content (AvgIpc) is 1.80. The van der Waals surface area contributed by atoms with Gasteiger partial charge in [0.15, 0.2) is 0 Å². The van der Waals surface area contributed by atoms with Gasteiger partial charge in [0, 0.05) is 0 Å². The summed E-state index contributed by atoms with van der Waals surface area (Å²) < 4.78 is 44.5. The normalized spacial score (nSPS) is 16.1. The van der Waals surface area contributed by atoms with E-state index in [0.717, 1.165) is 12.5 Å². The fourth-order valence-corrected chi connectivity index (χ4v) is 4.14. The highest BCUT2D eigenvalue weighted by molar-refractivity contribution is 8.03. The molecule has 1 atom stereocenters. The minimum atomic E-state index is -3.81. The van der Waals surface area contributed by atoms with E-state index in [9.17, 15) is 16.8 Å². The summed E-state index contributed by atoms with van der Waals surface area (Å²) >= 11 is 0. The van der Waals surface area contributed by atoms with Gasteiger partial charge in [-0.3, -0.25) is 0 Å². The number of hydrogen-bond donors (Lipinski definition) is 1. The van der Waals surface area contributed by atoms with Crippen LogP contribution < -0.4 is 5.73 Å². The Labute approximate surface area is 78.8 Å². The first-order valence-electron chi connectivity index (χ1n) is 3.56. The summed E-state index contributed by atoms with van der Waals surface area (Å²) in [6.45, 7) is 1.61. The molecule has 0 rings (SSSR count). The molecule has 1 unspecified atom stereocenters. The van der Waals surface area contributed by atoms with Gasteiger partial charge < -0.3 is 5.73 Å². The van der Waals surface area contributed by atoms with Crippen molar-refractivity contribution in [3.05, 3.63) is 0 Å². The Morgan fingerprint density at radius 3 is 1.54 bits per heavy atom. The number of nitrogens with zero attached hydrogens (tertiary/aromatic N) is 1. The van der Waals surface area contributed by atoms with E-state index in [1.54, 1.807) is 6.92 Å². The Balaban J connectivity index is 5.27. The lowest BCUT2D eigenvalue weighted by atomic mass is 10.4. The first-order valence-corrected chi connectivity index (χ1v) is 7.25. The molecule has 0 aromatic carbocycles. The molecular formula is C5H14N2O4S2. The van der Waals surface area contributed by atoms with Crippen molar-refractivity contribution >= 4 is 20.0 Å². The molecule has 0 amide bonds. The van der Waals surface area contributed by atoms with Crippen molar-refractivity contribution in [3.63, 3.8) is 0 Å². The molecule has 0 saturated carbocycles. The van der Waals surface area contributed by atoms with Crippen molar-refractivity contribution < 1.29 is 16.8 Å². The molecule has 0 aliphatic carbocycles. The van der Waals surface area contributed by atoms with Gasteiger partial charge in [-0.2, -0.15) is 0 Å². The van der Waals surface area contributed by atoms with Crippen molar-refractivity contribution in [1.29, 1.82) is 0 Å². The molecule has 0 aliphatic rings. The molecule has 8 heteroatoms. The van der Waals surface area contributed by atoms with Crippen LogP contribution in [0.1, 0.15) is 13.3 Å². The van der Waals surface area contributed by atoms with Crippen LogP contribution >= 0.6 is 0 Å². The largest absolute Gasteiger partial charge is 0.314 e. The van der Waals surface area contributed by atoms with Crippen molar-refractivity contribution in [2.75, 3.05) is 12.5 Å². The first-order chi connectivity index (χ1) is 5.60. The molecule has 0 bridgehead atoms. The Morgan fingerprint density at radius 2 is 1.46 bits per heavy atom. The highest BCUT2D eigenvalue weighted by atomic mass is 32.3. The zero-order valence-electron chi connectivity index (χ0n) is 7.76. The van der Waals surface area contributed by atoms with Gasteiger partial charge in [-0.15, -0.1) is 0 Å². The minimum absolute atomic E-state index is 0.236. The van der Waals surface area contributed by atoms with Crippen LogP contribution in [-0.4, -0.2) is 39.2 Å². The van der Waals surface area contributed by atoms with Crippen LogP contribution in [0.4, 0.5) is 0 Å². The van der Waals surface area contributed by atoms with Crippen LogP contribution in [0.2, 0.25) is 0 Å². The summed E-state index contributed by atoms with van der Waals surface area (Å²) in [6, 6.07) is 0. The van der Waals surface area contributed by atoms with Gasteiger partial charge in [0.1, 0.15) is 0 Å². The van der Waals surface area contributed by atoms with Crippen LogP contribution in [0, 0.1) is 0 Å². The highest BCUT2D eigenvalue weighted by Crippen LogP contribution is 2.09. The molecule has 0 aromatic heterocycles. The number of sulfonamides is 2. The van der Waals surface area contributed by atoms with E-state index in [1.807, 2.05) is 0 Å². The van der Waals surface area contributed by atoms with E-state index in [1.165, 1.54) is 0 Å². The predicted octanol–water partition coefficient (Wildman–Crippen LogP) is -1.10. The minimum Gasteiger partial charge on any atom is -0.314 e. The quantitative estimate of drug-likeness (QED) is 0.618. The lowest BCUT2D eigenvalue weighted by molar-refractivity contribution is 0.425. The van der Waals surface area contributed by atoms with Gasteiger partial charge in [-0.05, 0) is 6.42 Å². The lowest BCUT2D eigenvalue weighted by Gasteiger charge is -2.22. The molecule has 2 N–H and O–H groups in total. The van der Waals surface area contributed by atoms with Gasteiger partial charge in [0.2, 0.25) is 20.0 Å². The van der Waals surface area contributed by atoms with Gasteiger partial charge in [0.25, 0.3) is 0 Å². The van der Waals surface area contributed by atoms with Crippen LogP contribution in [0.15, 0.2) is 0 Å². The monoisotopic (exact) mass is 230 g/mol. The van der Waals surface area contributed by atoms with Crippen LogP contribution in [0.25, 0.3) is 0 Å². The average molecular weight is 230 g/mol. The fourth-order valence-electron chi connectivity index (χ4n) is 0.887. The van der Waals surface area contributed by atoms with Crippen LogP contribution in [0.3, 0.4) is 0 Å². The Morgan fingerprint density at radius 1 is 1.15 bits per heavy atom. The maximum Gasteiger partial charge on any atom is 0.225 e. The standard InChI is InChI=1S/C5H14N2O4S2/c1-4-5(6)7(12(2,8)9)13(3,10)11/h5H,4,6H2,1-3H3. The van der Waals surface area contributed by atoms with Crippen molar-refractivity contribution in [2.45, 2.75) is 19.5 Å². The van der Waals surface area contributed by atoms with Gasteiger partial charge >= 0.3 is 0 Å². The topological polar surface area (TPSA) is 97.5 Å². The molecule has 0 radical (unpaired) electrons. The number of nitrogens with two attached hydrogens (primary N) is 1. The van der Waals surface area contributed by atoms with Gasteiger partial charge in [0.05, 0.1) is 18.7 Å². The third-order valence-corrected chi connectivity index (χ3v) is 4.82.